The van der Waals surface area contributed by atoms with Crippen LogP contribution in [0.2, 0.25) is 0 Å². The van der Waals surface area contributed by atoms with E-state index in [1.54, 1.807) is 5.57 Å². The molecule has 3 rings (SSSR count). The molecule has 3 nitrogen and oxygen atoms in total. The average molecular weight is 322 g/mol. The molecular formula is C20H39N3. The minimum atomic E-state index is 0.559. The summed E-state index contributed by atoms with van der Waals surface area (Å²) in [5.74, 6) is 1.80. The second-order valence-electron chi connectivity index (χ2n) is 8.91. The molecule has 3 heteroatoms. The number of hydrogen-bond acceptors (Lipinski definition) is 3. The first-order valence-electron chi connectivity index (χ1n) is 9.51. The molecule has 0 aromatic carbocycles. The Labute approximate surface area is 144 Å². The standard InChI is InChI=1S/C20H39N3/c1-20(2)18-10-9-17(19(20)15-18)16-23(13-7-11-21(3)4)14-8-12-22(5)6/h9,18-19H,7-8,10-16H2,1-6H3/t18-,19+/m1/s1. The molecule has 0 aromatic rings. The van der Waals surface area contributed by atoms with Gasteiger partial charge in [0.2, 0.25) is 0 Å². The molecule has 0 N–H and O–H groups in total. The first kappa shape index (κ1) is 19.0. The summed E-state index contributed by atoms with van der Waals surface area (Å²) in [5, 5.41) is 0. The highest BCUT2D eigenvalue weighted by atomic mass is 15.1. The van der Waals surface area contributed by atoms with Crippen LogP contribution in [0, 0.1) is 17.3 Å². The highest BCUT2D eigenvalue weighted by Gasteiger charge is 2.51. The average Bonchev–Trinajstić information content (AvgIpc) is 2.46. The third kappa shape index (κ3) is 5.04. The van der Waals surface area contributed by atoms with Gasteiger partial charge in [-0.25, -0.2) is 0 Å². The van der Waals surface area contributed by atoms with Crippen LogP contribution >= 0.6 is 0 Å². The number of fused-ring (bicyclic) bond motifs is 1. The van der Waals surface area contributed by atoms with Gasteiger partial charge in [0.1, 0.15) is 0 Å². The van der Waals surface area contributed by atoms with Gasteiger partial charge in [-0.1, -0.05) is 25.5 Å². The maximum absolute atomic E-state index is 2.72. The van der Waals surface area contributed by atoms with Gasteiger partial charge in [-0.05, 0) is 97.3 Å². The highest BCUT2D eigenvalue weighted by Crippen LogP contribution is 2.59. The Balaban J connectivity index is 1.87. The van der Waals surface area contributed by atoms with Crippen molar-refractivity contribution in [3.8, 4) is 0 Å². The lowest BCUT2D eigenvalue weighted by molar-refractivity contribution is -0.0107. The topological polar surface area (TPSA) is 9.72 Å². The van der Waals surface area contributed by atoms with Crippen LogP contribution in [0.5, 0.6) is 0 Å². The lowest BCUT2D eigenvalue weighted by Gasteiger charge is -2.57. The SMILES string of the molecule is CN(C)CCCN(CCCN(C)C)CC1=CC[C@@H]2C[C@@H]1C2(C)C. The van der Waals surface area contributed by atoms with Crippen molar-refractivity contribution in [3.05, 3.63) is 11.6 Å². The van der Waals surface area contributed by atoms with E-state index in [1.807, 2.05) is 0 Å². The van der Waals surface area contributed by atoms with Gasteiger partial charge in [-0.3, -0.25) is 4.90 Å². The van der Waals surface area contributed by atoms with E-state index in [1.165, 1.54) is 58.4 Å². The van der Waals surface area contributed by atoms with Crippen LogP contribution in [-0.2, 0) is 0 Å². The molecule has 3 aliphatic rings. The molecule has 0 radical (unpaired) electrons. The Kier molecular flexibility index (Phi) is 6.70. The first-order chi connectivity index (χ1) is 10.8. The van der Waals surface area contributed by atoms with Gasteiger partial charge in [-0.2, -0.15) is 0 Å². The molecule has 0 unspecified atom stereocenters. The number of hydrogen-bond donors (Lipinski definition) is 0. The van der Waals surface area contributed by atoms with Gasteiger partial charge in [0.25, 0.3) is 0 Å². The molecule has 0 spiro atoms. The summed E-state index contributed by atoms with van der Waals surface area (Å²) in [4.78, 5) is 7.32. The molecular weight excluding hydrogens is 282 g/mol. The largest absolute Gasteiger partial charge is 0.309 e. The van der Waals surface area contributed by atoms with Gasteiger partial charge in [0, 0.05) is 6.54 Å². The first-order valence-corrected chi connectivity index (χ1v) is 9.51. The van der Waals surface area contributed by atoms with Crippen molar-refractivity contribution < 1.29 is 0 Å². The van der Waals surface area contributed by atoms with Crippen molar-refractivity contribution in [3.63, 3.8) is 0 Å². The quantitative estimate of drug-likeness (QED) is 0.572. The van der Waals surface area contributed by atoms with Gasteiger partial charge in [0.05, 0.1) is 0 Å². The van der Waals surface area contributed by atoms with Crippen molar-refractivity contribution in [2.45, 2.75) is 39.5 Å². The molecule has 2 atom stereocenters. The van der Waals surface area contributed by atoms with E-state index in [2.05, 4.69) is 62.8 Å². The van der Waals surface area contributed by atoms with Crippen LogP contribution in [0.4, 0.5) is 0 Å². The monoisotopic (exact) mass is 321 g/mol. The highest BCUT2D eigenvalue weighted by molar-refractivity contribution is 5.24. The predicted molar refractivity (Wildman–Crippen MR) is 101 cm³/mol. The van der Waals surface area contributed by atoms with E-state index in [0.717, 1.165) is 11.8 Å². The van der Waals surface area contributed by atoms with E-state index in [0.29, 0.717) is 5.41 Å². The molecule has 0 aromatic heterocycles. The van der Waals surface area contributed by atoms with Crippen LogP contribution < -0.4 is 0 Å². The van der Waals surface area contributed by atoms with Crippen LogP contribution in [0.15, 0.2) is 11.6 Å². The summed E-state index contributed by atoms with van der Waals surface area (Å²) in [7, 11) is 8.71. The Morgan fingerprint density at radius 3 is 1.96 bits per heavy atom. The summed E-state index contributed by atoms with van der Waals surface area (Å²) in [6.07, 6.45) is 7.90. The van der Waals surface area contributed by atoms with Gasteiger partial charge in [0.15, 0.2) is 0 Å². The van der Waals surface area contributed by atoms with E-state index in [4.69, 9.17) is 0 Å². The number of nitrogens with zero attached hydrogens (tertiary/aromatic N) is 3. The fourth-order valence-electron chi connectivity index (χ4n) is 4.41. The molecule has 2 bridgehead atoms. The van der Waals surface area contributed by atoms with Gasteiger partial charge < -0.3 is 9.80 Å². The number of rotatable bonds is 10. The van der Waals surface area contributed by atoms with Crippen LogP contribution in [-0.4, -0.2) is 75.6 Å². The van der Waals surface area contributed by atoms with Crippen molar-refractivity contribution >= 4 is 0 Å². The smallest absolute Gasteiger partial charge is 0.0195 e. The molecule has 0 amide bonds. The molecule has 134 valence electrons. The Hall–Kier alpha value is -0.380. The third-order valence-electron chi connectivity index (χ3n) is 6.15. The molecule has 0 heterocycles. The maximum Gasteiger partial charge on any atom is 0.0195 e. The molecule has 1 saturated carbocycles. The van der Waals surface area contributed by atoms with Crippen LogP contribution in [0.25, 0.3) is 0 Å². The Bertz CT molecular complexity index is 384. The molecule has 0 aliphatic heterocycles. The predicted octanol–water partition coefficient (Wildman–Crippen LogP) is 3.18. The molecule has 23 heavy (non-hydrogen) atoms. The zero-order valence-corrected chi connectivity index (χ0v) is 16.4. The molecule has 1 fully saturated rings. The van der Waals surface area contributed by atoms with E-state index < -0.39 is 0 Å². The summed E-state index contributed by atoms with van der Waals surface area (Å²) in [6, 6.07) is 0. The summed E-state index contributed by atoms with van der Waals surface area (Å²) in [5.41, 5.74) is 2.30. The number of allylic oxidation sites excluding steroid dienone is 1. The fourth-order valence-corrected chi connectivity index (χ4v) is 4.41. The van der Waals surface area contributed by atoms with Crippen molar-refractivity contribution in [1.82, 2.24) is 14.7 Å². The van der Waals surface area contributed by atoms with Gasteiger partial charge in [-0.15, -0.1) is 0 Å². The minimum absolute atomic E-state index is 0.559. The Morgan fingerprint density at radius 1 is 0.957 bits per heavy atom. The summed E-state index contributed by atoms with van der Waals surface area (Å²) in [6.45, 7) is 11.0. The summed E-state index contributed by atoms with van der Waals surface area (Å²) < 4.78 is 0. The fraction of sp³-hybridized carbons (Fsp3) is 0.900. The van der Waals surface area contributed by atoms with Crippen molar-refractivity contribution in [2.24, 2.45) is 17.3 Å². The Morgan fingerprint density at radius 2 is 1.52 bits per heavy atom. The zero-order chi connectivity index (χ0) is 17.0. The second-order valence-corrected chi connectivity index (χ2v) is 8.91. The van der Waals surface area contributed by atoms with Crippen LogP contribution in [0.1, 0.15) is 39.5 Å². The lowest BCUT2D eigenvalue weighted by Crippen LogP contribution is -2.50. The van der Waals surface area contributed by atoms with Gasteiger partial charge >= 0.3 is 0 Å². The van der Waals surface area contributed by atoms with E-state index >= 15 is 0 Å². The zero-order valence-electron chi connectivity index (χ0n) is 16.4. The van der Waals surface area contributed by atoms with E-state index in [9.17, 15) is 0 Å². The molecule has 0 saturated heterocycles. The van der Waals surface area contributed by atoms with Crippen molar-refractivity contribution in [2.75, 3.05) is 60.9 Å². The van der Waals surface area contributed by atoms with E-state index in [-0.39, 0.29) is 0 Å². The summed E-state index contributed by atoms with van der Waals surface area (Å²) >= 11 is 0. The normalized spacial score (nSPS) is 25.9. The maximum atomic E-state index is 2.72. The van der Waals surface area contributed by atoms with Crippen molar-refractivity contribution in [1.29, 1.82) is 0 Å². The molecule has 3 aliphatic carbocycles. The van der Waals surface area contributed by atoms with Crippen LogP contribution in [0.3, 0.4) is 0 Å². The third-order valence-corrected chi connectivity index (χ3v) is 6.15. The minimum Gasteiger partial charge on any atom is -0.309 e. The second kappa shape index (κ2) is 8.13. The lowest BCUT2D eigenvalue weighted by atomic mass is 9.49.